The Kier molecular flexibility index (Phi) is 3.81. The summed E-state index contributed by atoms with van der Waals surface area (Å²) in [5.41, 5.74) is 3.36. The molecule has 1 aromatic carbocycles. The minimum absolute atomic E-state index is 0.0193. The van der Waals surface area contributed by atoms with Crippen molar-refractivity contribution in [2.45, 2.75) is 13.8 Å². The molecule has 5 heteroatoms. The standard InChI is InChI=1S/C13H17N3OS/c1-9-5-10(2)7-11(6-9)15-13(18)16-4-3-14-12(17)8-16/h5-7H,3-4,8H2,1-2H3,(H,14,17)(H,15,18). The van der Waals surface area contributed by atoms with E-state index in [0.29, 0.717) is 18.2 Å². The van der Waals surface area contributed by atoms with Crippen molar-refractivity contribution in [2.75, 3.05) is 25.0 Å². The van der Waals surface area contributed by atoms with Crippen LogP contribution in [0.4, 0.5) is 5.69 Å². The molecule has 2 N–H and O–H groups in total. The molecule has 1 aromatic rings. The van der Waals surface area contributed by atoms with E-state index in [1.54, 1.807) is 0 Å². The molecule has 0 radical (unpaired) electrons. The van der Waals surface area contributed by atoms with Gasteiger partial charge in [0.15, 0.2) is 5.11 Å². The van der Waals surface area contributed by atoms with E-state index in [1.165, 1.54) is 11.1 Å². The molecule has 96 valence electrons. The fourth-order valence-electron chi connectivity index (χ4n) is 2.06. The van der Waals surface area contributed by atoms with E-state index in [2.05, 4.69) is 30.5 Å². The number of anilines is 1. The second-order valence-electron chi connectivity index (χ2n) is 4.58. The van der Waals surface area contributed by atoms with Gasteiger partial charge in [0.25, 0.3) is 0 Å². The van der Waals surface area contributed by atoms with Crippen molar-refractivity contribution in [2.24, 2.45) is 0 Å². The predicted octanol–water partition coefficient (Wildman–Crippen LogP) is 1.43. The van der Waals surface area contributed by atoms with Gasteiger partial charge in [-0.2, -0.15) is 0 Å². The summed E-state index contributed by atoms with van der Waals surface area (Å²) in [7, 11) is 0. The molecule has 1 aliphatic heterocycles. The summed E-state index contributed by atoms with van der Waals surface area (Å²) in [5.74, 6) is 0.0193. The highest BCUT2D eigenvalue weighted by Crippen LogP contribution is 2.14. The summed E-state index contributed by atoms with van der Waals surface area (Å²) in [6, 6.07) is 6.20. The molecule has 0 unspecified atom stereocenters. The molecule has 0 bridgehead atoms. The Morgan fingerprint density at radius 1 is 1.33 bits per heavy atom. The van der Waals surface area contributed by atoms with Crippen LogP contribution in [0.3, 0.4) is 0 Å². The molecule has 1 saturated heterocycles. The van der Waals surface area contributed by atoms with Crippen LogP contribution in [0.25, 0.3) is 0 Å². The number of hydrogen-bond donors (Lipinski definition) is 2. The van der Waals surface area contributed by atoms with E-state index in [4.69, 9.17) is 12.2 Å². The Hall–Kier alpha value is -1.62. The summed E-state index contributed by atoms with van der Waals surface area (Å²) < 4.78 is 0. The SMILES string of the molecule is Cc1cc(C)cc(NC(=S)N2CCNC(=O)C2)c1. The average molecular weight is 263 g/mol. The van der Waals surface area contributed by atoms with E-state index < -0.39 is 0 Å². The van der Waals surface area contributed by atoms with Crippen molar-refractivity contribution >= 4 is 28.9 Å². The highest BCUT2D eigenvalue weighted by Gasteiger charge is 2.18. The molecule has 0 saturated carbocycles. The van der Waals surface area contributed by atoms with Crippen molar-refractivity contribution in [3.05, 3.63) is 29.3 Å². The van der Waals surface area contributed by atoms with Crippen LogP contribution in [0.1, 0.15) is 11.1 Å². The predicted molar refractivity (Wildman–Crippen MR) is 76.7 cm³/mol. The maximum atomic E-state index is 11.3. The first-order valence-electron chi connectivity index (χ1n) is 5.95. The third-order valence-electron chi connectivity index (χ3n) is 2.80. The van der Waals surface area contributed by atoms with Crippen LogP contribution in [0, 0.1) is 13.8 Å². The number of piperazine rings is 1. The van der Waals surface area contributed by atoms with E-state index in [0.717, 1.165) is 12.2 Å². The number of nitrogens with one attached hydrogen (secondary N) is 2. The number of thiocarbonyl (C=S) groups is 1. The van der Waals surface area contributed by atoms with Gasteiger partial charge in [-0.25, -0.2) is 0 Å². The van der Waals surface area contributed by atoms with Gasteiger partial charge in [0.1, 0.15) is 0 Å². The highest BCUT2D eigenvalue weighted by molar-refractivity contribution is 7.80. The van der Waals surface area contributed by atoms with E-state index in [-0.39, 0.29) is 5.91 Å². The third kappa shape index (κ3) is 3.20. The Bertz CT molecular complexity index is 467. The van der Waals surface area contributed by atoms with Crippen LogP contribution >= 0.6 is 12.2 Å². The number of hydrogen-bond acceptors (Lipinski definition) is 2. The number of aryl methyl sites for hydroxylation is 2. The summed E-state index contributed by atoms with van der Waals surface area (Å²) in [6.45, 7) is 5.83. The average Bonchev–Trinajstić information content (AvgIpc) is 2.27. The molecule has 0 atom stereocenters. The van der Waals surface area contributed by atoms with Crippen LogP contribution in [-0.4, -0.2) is 35.6 Å². The molecule has 1 aliphatic rings. The first-order valence-corrected chi connectivity index (χ1v) is 6.36. The van der Waals surface area contributed by atoms with Gasteiger partial charge < -0.3 is 15.5 Å². The van der Waals surface area contributed by atoms with Crippen LogP contribution in [0.15, 0.2) is 18.2 Å². The molecule has 1 heterocycles. The molecule has 2 rings (SSSR count). The number of amides is 1. The van der Waals surface area contributed by atoms with Crippen LogP contribution < -0.4 is 10.6 Å². The molecule has 4 nitrogen and oxygen atoms in total. The van der Waals surface area contributed by atoms with Crippen LogP contribution in [0.5, 0.6) is 0 Å². The van der Waals surface area contributed by atoms with Gasteiger partial charge in [0.2, 0.25) is 5.91 Å². The molecule has 18 heavy (non-hydrogen) atoms. The number of benzene rings is 1. The zero-order valence-corrected chi connectivity index (χ0v) is 11.4. The number of nitrogens with zero attached hydrogens (tertiary/aromatic N) is 1. The Morgan fingerprint density at radius 2 is 2.00 bits per heavy atom. The maximum Gasteiger partial charge on any atom is 0.239 e. The molecule has 0 aliphatic carbocycles. The lowest BCUT2D eigenvalue weighted by molar-refractivity contribution is -0.122. The van der Waals surface area contributed by atoms with E-state index in [9.17, 15) is 4.79 Å². The highest BCUT2D eigenvalue weighted by atomic mass is 32.1. The minimum Gasteiger partial charge on any atom is -0.353 e. The van der Waals surface area contributed by atoms with Crippen molar-refractivity contribution in [1.82, 2.24) is 10.2 Å². The van der Waals surface area contributed by atoms with Gasteiger partial charge in [-0.3, -0.25) is 4.79 Å². The summed E-state index contributed by atoms with van der Waals surface area (Å²) in [5, 5.41) is 6.58. The maximum absolute atomic E-state index is 11.3. The lowest BCUT2D eigenvalue weighted by atomic mass is 10.1. The molecule has 1 amide bonds. The lowest BCUT2D eigenvalue weighted by Gasteiger charge is -2.29. The fourth-order valence-corrected chi connectivity index (χ4v) is 2.34. The van der Waals surface area contributed by atoms with Gasteiger partial charge in [-0.1, -0.05) is 6.07 Å². The lowest BCUT2D eigenvalue weighted by Crippen LogP contribution is -2.51. The molecule has 1 fully saturated rings. The van der Waals surface area contributed by atoms with Crippen LogP contribution in [0.2, 0.25) is 0 Å². The largest absolute Gasteiger partial charge is 0.353 e. The quantitative estimate of drug-likeness (QED) is 0.752. The van der Waals surface area contributed by atoms with Crippen molar-refractivity contribution in [3.8, 4) is 0 Å². The second kappa shape index (κ2) is 5.35. The first kappa shape index (κ1) is 12.8. The summed E-state index contributed by atoms with van der Waals surface area (Å²) in [6.07, 6.45) is 0. The van der Waals surface area contributed by atoms with Gasteiger partial charge in [0, 0.05) is 18.8 Å². The van der Waals surface area contributed by atoms with Crippen LogP contribution in [-0.2, 0) is 4.79 Å². The Balaban J connectivity index is 2.04. The Morgan fingerprint density at radius 3 is 2.61 bits per heavy atom. The smallest absolute Gasteiger partial charge is 0.239 e. The topological polar surface area (TPSA) is 44.4 Å². The van der Waals surface area contributed by atoms with Gasteiger partial charge in [-0.05, 0) is 49.3 Å². The zero-order valence-electron chi connectivity index (χ0n) is 10.6. The van der Waals surface area contributed by atoms with Crippen molar-refractivity contribution in [3.63, 3.8) is 0 Å². The van der Waals surface area contributed by atoms with Gasteiger partial charge >= 0.3 is 0 Å². The Labute approximate surface area is 112 Å². The molecule has 0 aromatic heterocycles. The minimum atomic E-state index is 0.0193. The van der Waals surface area contributed by atoms with Crippen molar-refractivity contribution in [1.29, 1.82) is 0 Å². The van der Waals surface area contributed by atoms with E-state index >= 15 is 0 Å². The number of carbonyl (C=O) groups is 1. The second-order valence-corrected chi connectivity index (χ2v) is 4.96. The zero-order chi connectivity index (χ0) is 13.1. The van der Waals surface area contributed by atoms with Crippen molar-refractivity contribution < 1.29 is 4.79 Å². The normalized spacial score (nSPS) is 15.2. The first-order chi connectivity index (χ1) is 8.54. The van der Waals surface area contributed by atoms with E-state index in [1.807, 2.05) is 17.0 Å². The molecular formula is C13H17N3OS. The summed E-state index contributed by atoms with van der Waals surface area (Å²) >= 11 is 5.33. The van der Waals surface area contributed by atoms with Gasteiger partial charge in [-0.15, -0.1) is 0 Å². The van der Waals surface area contributed by atoms with Gasteiger partial charge in [0.05, 0.1) is 6.54 Å². The number of rotatable bonds is 1. The third-order valence-corrected chi connectivity index (χ3v) is 3.16. The monoisotopic (exact) mass is 263 g/mol. The summed E-state index contributed by atoms with van der Waals surface area (Å²) in [4.78, 5) is 13.2. The number of carbonyl (C=O) groups excluding carboxylic acids is 1. The fraction of sp³-hybridized carbons (Fsp3) is 0.385. The molecule has 0 spiro atoms. The molecular weight excluding hydrogens is 246 g/mol.